The van der Waals surface area contributed by atoms with Gasteiger partial charge in [0.15, 0.2) is 0 Å². The van der Waals surface area contributed by atoms with Crippen LogP contribution >= 0.6 is 0 Å². The minimum atomic E-state index is -0.539. The molecule has 1 aliphatic rings. The lowest BCUT2D eigenvalue weighted by Gasteiger charge is -2.33. The fraction of sp³-hybridized carbons (Fsp3) is 0.611. The molecule has 1 aliphatic heterocycles. The van der Waals surface area contributed by atoms with E-state index in [2.05, 4.69) is 11.0 Å². The van der Waals surface area contributed by atoms with Crippen LogP contribution in [0.25, 0.3) is 0 Å². The van der Waals surface area contributed by atoms with Crippen LogP contribution in [0, 0.1) is 19.8 Å². The normalized spacial score (nSPS) is 20.2. The second-order valence-corrected chi connectivity index (χ2v) is 6.67. The number of rotatable bonds is 7. The zero-order chi connectivity index (χ0) is 16.8. The maximum atomic E-state index is 11.0. The van der Waals surface area contributed by atoms with Crippen molar-refractivity contribution in [3.05, 3.63) is 29.3 Å². The molecule has 0 spiro atoms. The third kappa shape index (κ3) is 5.84. The molecule has 1 fully saturated rings. The van der Waals surface area contributed by atoms with E-state index in [4.69, 9.17) is 10.5 Å². The average Bonchev–Trinajstić information content (AvgIpc) is 2.46. The number of primary amides is 1. The molecule has 0 aromatic heterocycles. The molecule has 1 amide bonds. The second-order valence-electron chi connectivity index (χ2n) is 6.67. The molecule has 1 saturated heterocycles. The van der Waals surface area contributed by atoms with Gasteiger partial charge in [-0.05, 0) is 50.8 Å². The molecule has 128 valence electrons. The molecular weight excluding hydrogens is 292 g/mol. The van der Waals surface area contributed by atoms with Gasteiger partial charge in [-0.3, -0.25) is 4.79 Å². The number of benzene rings is 1. The SMILES string of the molecule is Cc1ccc(OCC(O)CN2CCCC(CC(N)=O)C2)c(C)c1. The highest BCUT2D eigenvalue weighted by atomic mass is 16.5. The van der Waals surface area contributed by atoms with Gasteiger partial charge < -0.3 is 20.5 Å². The first-order valence-electron chi connectivity index (χ1n) is 8.33. The van der Waals surface area contributed by atoms with Crippen LogP contribution in [0.2, 0.25) is 0 Å². The van der Waals surface area contributed by atoms with Crippen LogP contribution in [0.3, 0.4) is 0 Å². The van der Waals surface area contributed by atoms with Crippen LogP contribution in [0.1, 0.15) is 30.4 Å². The molecule has 2 atom stereocenters. The van der Waals surface area contributed by atoms with Crippen molar-refractivity contribution < 1.29 is 14.6 Å². The summed E-state index contributed by atoms with van der Waals surface area (Å²) in [5.74, 6) is 0.893. The first-order chi connectivity index (χ1) is 10.9. The molecule has 0 saturated carbocycles. The summed E-state index contributed by atoms with van der Waals surface area (Å²) in [4.78, 5) is 13.2. The highest BCUT2D eigenvalue weighted by Crippen LogP contribution is 2.21. The van der Waals surface area contributed by atoms with Crippen molar-refractivity contribution in [3.63, 3.8) is 0 Å². The molecule has 1 aromatic rings. The lowest BCUT2D eigenvalue weighted by molar-refractivity contribution is -0.119. The smallest absolute Gasteiger partial charge is 0.217 e. The Labute approximate surface area is 138 Å². The summed E-state index contributed by atoms with van der Waals surface area (Å²) in [6.07, 6.45) is 1.98. The van der Waals surface area contributed by atoms with Gasteiger partial charge in [-0.25, -0.2) is 0 Å². The Morgan fingerprint density at radius 3 is 2.96 bits per heavy atom. The molecule has 2 rings (SSSR count). The molecule has 3 N–H and O–H groups in total. The van der Waals surface area contributed by atoms with E-state index in [1.54, 1.807) is 0 Å². The summed E-state index contributed by atoms with van der Waals surface area (Å²) < 4.78 is 5.74. The number of hydrogen-bond acceptors (Lipinski definition) is 4. The first kappa shape index (κ1) is 17.8. The molecule has 0 aliphatic carbocycles. The van der Waals surface area contributed by atoms with E-state index in [0.29, 0.717) is 18.9 Å². The lowest BCUT2D eigenvalue weighted by Crippen LogP contribution is -2.42. The number of carbonyl (C=O) groups is 1. The van der Waals surface area contributed by atoms with Crippen LogP contribution in [-0.2, 0) is 4.79 Å². The van der Waals surface area contributed by atoms with E-state index < -0.39 is 6.10 Å². The largest absolute Gasteiger partial charge is 0.491 e. The van der Waals surface area contributed by atoms with Gasteiger partial charge in [0.1, 0.15) is 18.5 Å². The third-order valence-corrected chi connectivity index (χ3v) is 4.32. The van der Waals surface area contributed by atoms with Crippen molar-refractivity contribution in [2.45, 2.75) is 39.2 Å². The highest BCUT2D eigenvalue weighted by molar-refractivity contribution is 5.74. The van der Waals surface area contributed by atoms with E-state index in [9.17, 15) is 9.90 Å². The molecule has 0 radical (unpaired) electrons. The van der Waals surface area contributed by atoms with Crippen molar-refractivity contribution in [1.29, 1.82) is 0 Å². The fourth-order valence-corrected chi connectivity index (χ4v) is 3.27. The molecule has 2 unspecified atom stereocenters. The van der Waals surface area contributed by atoms with Crippen molar-refractivity contribution >= 4 is 5.91 Å². The Bertz CT molecular complexity index is 533. The number of hydrogen-bond donors (Lipinski definition) is 2. The first-order valence-corrected chi connectivity index (χ1v) is 8.33. The number of likely N-dealkylation sites (tertiary alicyclic amines) is 1. The van der Waals surface area contributed by atoms with E-state index in [1.807, 2.05) is 26.0 Å². The number of amides is 1. The maximum Gasteiger partial charge on any atom is 0.217 e. The van der Waals surface area contributed by atoms with Gasteiger partial charge in [0.2, 0.25) is 5.91 Å². The second kappa shape index (κ2) is 8.31. The van der Waals surface area contributed by atoms with Gasteiger partial charge >= 0.3 is 0 Å². The molecule has 1 heterocycles. The van der Waals surface area contributed by atoms with Gasteiger partial charge in [0, 0.05) is 19.5 Å². The lowest BCUT2D eigenvalue weighted by atomic mass is 9.94. The summed E-state index contributed by atoms with van der Waals surface area (Å²) in [6, 6.07) is 6.02. The number of aryl methyl sites for hydroxylation is 2. The van der Waals surface area contributed by atoms with Crippen molar-refractivity contribution in [1.82, 2.24) is 4.90 Å². The topological polar surface area (TPSA) is 75.8 Å². The van der Waals surface area contributed by atoms with Crippen LogP contribution in [0.4, 0.5) is 0 Å². The molecule has 5 nitrogen and oxygen atoms in total. The quantitative estimate of drug-likeness (QED) is 0.801. The Morgan fingerprint density at radius 2 is 2.26 bits per heavy atom. The summed E-state index contributed by atoms with van der Waals surface area (Å²) >= 11 is 0. The monoisotopic (exact) mass is 320 g/mol. The number of piperidine rings is 1. The zero-order valence-electron chi connectivity index (χ0n) is 14.1. The van der Waals surface area contributed by atoms with E-state index in [0.717, 1.165) is 37.2 Å². The van der Waals surface area contributed by atoms with E-state index in [1.165, 1.54) is 5.56 Å². The molecule has 23 heavy (non-hydrogen) atoms. The van der Waals surface area contributed by atoms with Gasteiger partial charge in [0.25, 0.3) is 0 Å². The summed E-state index contributed by atoms with van der Waals surface area (Å²) in [6.45, 7) is 6.68. The van der Waals surface area contributed by atoms with Gasteiger partial charge in [-0.1, -0.05) is 17.7 Å². The third-order valence-electron chi connectivity index (χ3n) is 4.32. The fourth-order valence-electron chi connectivity index (χ4n) is 3.27. The summed E-state index contributed by atoms with van der Waals surface area (Å²) in [7, 11) is 0. The number of nitrogens with zero attached hydrogens (tertiary/aromatic N) is 1. The Kier molecular flexibility index (Phi) is 6.42. The number of aliphatic hydroxyl groups excluding tert-OH is 1. The van der Waals surface area contributed by atoms with Crippen molar-refractivity contribution in [2.75, 3.05) is 26.2 Å². The highest BCUT2D eigenvalue weighted by Gasteiger charge is 2.23. The minimum absolute atomic E-state index is 0.240. The number of carbonyl (C=O) groups excluding carboxylic acids is 1. The van der Waals surface area contributed by atoms with E-state index >= 15 is 0 Å². The Balaban J connectivity index is 1.77. The van der Waals surface area contributed by atoms with Crippen LogP contribution in [0.15, 0.2) is 18.2 Å². The minimum Gasteiger partial charge on any atom is -0.491 e. The number of ether oxygens (including phenoxy) is 1. The van der Waals surface area contributed by atoms with E-state index in [-0.39, 0.29) is 12.5 Å². The summed E-state index contributed by atoms with van der Waals surface area (Å²) in [5, 5.41) is 10.2. The predicted molar refractivity (Wildman–Crippen MR) is 90.4 cm³/mol. The predicted octanol–water partition coefficient (Wildman–Crippen LogP) is 1.63. The van der Waals surface area contributed by atoms with Crippen LogP contribution in [0.5, 0.6) is 5.75 Å². The van der Waals surface area contributed by atoms with Crippen LogP contribution in [-0.4, -0.2) is 48.3 Å². The zero-order valence-corrected chi connectivity index (χ0v) is 14.1. The van der Waals surface area contributed by atoms with Crippen LogP contribution < -0.4 is 10.5 Å². The number of β-amino-alcohol motifs (C(OH)–C–C–N with tert-alkyl or cyclic N) is 1. The number of aliphatic hydroxyl groups is 1. The maximum absolute atomic E-state index is 11.0. The standard InChI is InChI=1S/C18H28N2O3/c1-13-5-6-17(14(2)8-13)23-12-16(21)11-20-7-3-4-15(10-20)9-18(19)22/h5-6,8,15-16,21H,3-4,7,9-12H2,1-2H3,(H2,19,22). The van der Waals surface area contributed by atoms with Crippen molar-refractivity contribution in [3.8, 4) is 5.75 Å². The number of nitrogens with two attached hydrogens (primary N) is 1. The molecule has 5 heteroatoms. The molecule has 1 aromatic carbocycles. The molecular formula is C18H28N2O3. The Hall–Kier alpha value is -1.59. The Morgan fingerprint density at radius 1 is 1.48 bits per heavy atom. The summed E-state index contributed by atoms with van der Waals surface area (Å²) in [5.41, 5.74) is 7.56. The van der Waals surface area contributed by atoms with Gasteiger partial charge in [0.05, 0.1) is 0 Å². The van der Waals surface area contributed by atoms with Gasteiger partial charge in [-0.15, -0.1) is 0 Å². The van der Waals surface area contributed by atoms with Crippen molar-refractivity contribution in [2.24, 2.45) is 11.7 Å². The molecule has 0 bridgehead atoms. The van der Waals surface area contributed by atoms with Gasteiger partial charge in [-0.2, -0.15) is 0 Å². The average molecular weight is 320 g/mol.